The van der Waals surface area contributed by atoms with Crippen molar-refractivity contribution in [2.75, 3.05) is 25.6 Å². The van der Waals surface area contributed by atoms with Crippen LogP contribution in [0.25, 0.3) is 0 Å². The summed E-state index contributed by atoms with van der Waals surface area (Å²) in [5, 5.41) is 3.42. The fourth-order valence-corrected chi connectivity index (χ4v) is 1.71. The molecule has 0 atom stereocenters. The van der Waals surface area contributed by atoms with Crippen LogP contribution in [-0.4, -0.2) is 26.2 Å². The minimum Gasteiger partial charge on any atom is -0.489 e. The molecule has 0 heterocycles. The quantitative estimate of drug-likeness (QED) is 0.808. The van der Waals surface area contributed by atoms with Crippen molar-refractivity contribution in [3.05, 3.63) is 23.2 Å². The molecule has 1 amide bonds. The second-order valence-corrected chi connectivity index (χ2v) is 4.68. The zero-order valence-electron chi connectivity index (χ0n) is 10.2. The zero-order valence-corrected chi connectivity index (χ0v) is 11.0. The van der Waals surface area contributed by atoms with E-state index in [0.29, 0.717) is 29.7 Å². The monoisotopic (exact) mass is 269 g/mol. The van der Waals surface area contributed by atoms with E-state index in [0.717, 1.165) is 12.8 Å². The lowest BCUT2D eigenvalue weighted by atomic mass is 10.2. The smallest absolute Gasteiger partial charge is 0.227 e. The molecule has 0 unspecified atom stereocenters. The third-order valence-corrected chi connectivity index (χ3v) is 2.93. The Labute approximate surface area is 111 Å². The Morgan fingerprint density at radius 3 is 2.89 bits per heavy atom. The number of halogens is 1. The van der Waals surface area contributed by atoms with Gasteiger partial charge >= 0.3 is 0 Å². The maximum atomic E-state index is 11.7. The van der Waals surface area contributed by atoms with Gasteiger partial charge in [0.05, 0.1) is 12.3 Å². The van der Waals surface area contributed by atoms with Gasteiger partial charge in [-0.15, -0.1) is 0 Å². The predicted molar refractivity (Wildman–Crippen MR) is 70.2 cm³/mol. The molecular weight excluding hydrogens is 254 g/mol. The Hall–Kier alpha value is -1.26. The average molecular weight is 270 g/mol. The van der Waals surface area contributed by atoms with E-state index in [2.05, 4.69) is 5.32 Å². The van der Waals surface area contributed by atoms with Crippen LogP contribution in [0.15, 0.2) is 18.2 Å². The van der Waals surface area contributed by atoms with Gasteiger partial charge in [-0.1, -0.05) is 11.6 Å². The minimum absolute atomic E-state index is 0.0360. The zero-order chi connectivity index (χ0) is 13.0. The van der Waals surface area contributed by atoms with Gasteiger partial charge in [-0.05, 0) is 31.0 Å². The third-order valence-electron chi connectivity index (χ3n) is 2.69. The van der Waals surface area contributed by atoms with Crippen molar-refractivity contribution in [1.82, 2.24) is 0 Å². The van der Waals surface area contributed by atoms with Crippen LogP contribution in [0.1, 0.15) is 12.8 Å². The van der Waals surface area contributed by atoms with Crippen molar-refractivity contribution in [1.29, 1.82) is 0 Å². The van der Waals surface area contributed by atoms with E-state index >= 15 is 0 Å². The molecule has 0 aromatic heterocycles. The van der Waals surface area contributed by atoms with Crippen molar-refractivity contribution >= 4 is 23.2 Å². The van der Waals surface area contributed by atoms with Crippen LogP contribution < -0.4 is 10.1 Å². The molecule has 0 radical (unpaired) electrons. The summed E-state index contributed by atoms with van der Waals surface area (Å²) in [4.78, 5) is 11.7. The molecule has 18 heavy (non-hydrogen) atoms. The molecule has 1 fully saturated rings. The Morgan fingerprint density at radius 1 is 1.44 bits per heavy atom. The highest BCUT2D eigenvalue weighted by molar-refractivity contribution is 6.31. The first-order valence-electron chi connectivity index (χ1n) is 5.93. The number of hydrogen-bond acceptors (Lipinski definition) is 3. The molecule has 1 aromatic rings. The Balaban J connectivity index is 2.04. The van der Waals surface area contributed by atoms with E-state index in [-0.39, 0.29) is 11.8 Å². The van der Waals surface area contributed by atoms with Gasteiger partial charge in [0.2, 0.25) is 5.91 Å². The Bertz CT molecular complexity index is 432. The van der Waals surface area contributed by atoms with Crippen LogP contribution in [0, 0.1) is 5.92 Å². The van der Waals surface area contributed by atoms with Crippen molar-refractivity contribution in [3.8, 4) is 5.75 Å². The highest BCUT2D eigenvalue weighted by atomic mass is 35.5. The Morgan fingerprint density at radius 2 is 2.22 bits per heavy atom. The first-order chi connectivity index (χ1) is 8.70. The highest BCUT2D eigenvalue weighted by Crippen LogP contribution is 2.33. The second-order valence-electron chi connectivity index (χ2n) is 4.25. The summed E-state index contributed by atoms with van der Waals surface area (Å²) < 4.78 is 10.5. The van der Waals surface area contributed by atoms with E-state index in [1.54, 1.807) is 25.3 Å². The summed E-state index contributed by atoms with van der Waals surface area (Å²) in [7, 11) is 1.61. The number of anilines is 1. The molecule has 1 aromatic carbocycles. The number of carbonyl (C=O) groups excluding carboxylic acids is 1. The molecule has 2 rings (SSSR count). The summed E-state index contributed by atoms with van der Waals surface area (Å²) in [6.45, 7) is 0.934. The van der Waals surface area contributed by atoms with Gasteiger partial charge in [0.25, 0.3) is 0 Å². The van der Waals surface area contributed by atoms with Gasteiger partial charge in [-0.25, -0.2) is 0 Å². The van der Waals surface area contributed by atoms with E-state index in [1.165, 1.54) is 0 Å². The molecular formula is C13H16ClNO3. The van der Waals surface area contributed by atoms with Crippen LogP contribution in [-0.2, 0) is 9.53 Å². The Kier molecular flexibility index (Phi) is 4.44. The van der Waals surface area contributed by atoms with Crippen LogP contribution in [0.2, 0.25) is 5.02 Å². The molecule has 0 aliphatic heterocycles. The topological polar surface area (TPSA) is 47.6 Å². The van der Waals surface area contributed by atoms with E-state index < -0.39 is 0 Å². The summed E-state index contributed by atoms with van der Waals surface area (Å²) in [6.07, 6.45) is 1.93. The van der Waals surface area contributed by atoms with Crippen LogP contribution in [0.3, 0.4) is 0 Å². The van der Waals surface area contributed by atoms with Gasteiger partial charge in [-0.3, -0.25) is 4.79 Å². The predicted octanol–water partition coefficient (Wildman–Crippen LogP) is 2.71. The molecule has 0 saturated heterocycles. The number of rotatable bonds is 6. The van der Waals surface area contributed by atoms with Gasteiger partial charge < -0.3 is 14.8 Å². The molecule has 0 bridgehead atoms. The minimum atomic E-state index is 0.0360. The number of nitrogens with one attached hydrogen (secondary N) is 1. The number of hydrogen-bond donors (Lipinski definition) is 1. The highest BCUT2D eigenvalue weighted by Gasteiger charge is 2.30. The van der Waals surface area contributed by atoms with Gasteiger partial charge in [0.15, 0.2) is 0 Å². The van der Waals surface area contributed by atoms with E-state index in [9.17, 15) is 4.79 Å². The van der Waals surface area contributed by atoms with Crippen molar-refractivity contribution in [2.24, 2.45) is 5.92 Å². The fraction of sp³-hybridized carbons (Fsp3) is 0.462. The van der Waals surface area contributed by atoms with Crippen molar-refractivity contribution in [2.45, 2.75) is 12.8 Å². The summed E-state index contributed by atoms with van der Waals surface area (Å²) in [5.74, 6) is 0.801. The molecule has 5 heteroatoms. The summed E-state index contributed by atoms with van der Waals surface area (Å²) in [6, 6.07) is 5.18. The number of benzene rings is 1. The van der Waals surface area contributed by atoms with Gasteiger partial charge in [0.1, 0.15) is 12.4 Å². The first-order valence-corrected chi connectivity index (χ1v) is 6.30. The molecule has 1 N–H and O–H groups in total. The third kappa shape index (κ3) is 3.62. The summed E-state index contributed by atoms with van der Waals surface area (Å²) >= 11 is 5.93. The lowest BCUT2D eigenvalue weighted by Crippen LogP contribution is -2.15. The van der Waals surface area contributed by atoms with Crippen molar-refractivity contribution < 1.29 is 14.3 Å². The molecule has 0 spiro atoms. The number of ether oxygens (including phenoxy) is 2. The number of carbonyl (C=O) groups is 1. The van der Waals surface area contributed by atoms with E-state index in [1.807, 2.05) is 0 Å². The average Bonchev–Trinajstić information content (AvgIpc) is 3.16. The number of amides is 1. The number of methoxy groups -OCH3 is 1. The maximum absolute atomic E-state index is 11.7. The lowest BCUT2D eigenvalue weighted by molar-refractivity contribution is -0.117. The molecule has 1 aliphatic carbocycles. The normalized spacial score (nSPS) is 14.3. The lowest BCUT2D eigenvalue weighted by Gasteiger charge is -2.12. The first kappa shape index (κ1) is 13.2. The largest absolute Gasteiger partial charge is 0.489 e. The standard InChI is InChI=1S/C13H16ClNO3/c1-17-6-7-18-12-5-4-10(14)8-11(12)15-13(16)9-2-3-9/h4-5,8-9H,2-3,6-7H2,1H3,(H,15,16). The summed E-state index contributed by atoms with van der Waals surface area (Å²) in [5.41, 5.74) is 0.621. The van der Waals surface area contributed by atoms with Crippen LogP contribution >= 0.6 is 11.6 Å². The van der Waals surface area contributed by atoms with Crippen LogP contribution in [0.4, 0.5) is 5.69 Å². The molecule has 1 aliphatic rings. The molecule has 1 saturated carbocycles. The van der Waals surface area contributed by atoms with E-state index in [4.69, 9.17) is 21.1 Å². The fourth-order valence-electron chi connectivity index (χ4n) is 1.54. The van der Waals surface area contributed by atoms with Crippen LogP contribution in [0.5, 0.6) is 5.75 Å². The SMILES string of the molecule is COCCOc1ccc(Cl)cc1NC(=O)C1CC1. The van der Waals surface area contributed by atoms with Gasteiger partial charge in [-0.2, -0.15) is 0 Å². The second kappa shape index (κ2) is 6.07. The maximum Gasteiger partial charge on any atom is 0.227 e. The van der Waals surface area contributed by atoms with Gasteiger partial charge in [0, 0.05) is 18.1 Å². The molecule has 4 nitrogen and oxygen atoms in total. The van der Waals surface area contributed by atoms with Crippen molar-refractivity contribution in [3.63, 3.8) is 0 Å². The molecule has 98 valence electrons.